The molecule has 0 bridgehead atoms. The molecular weight excluding hydrogens is 254 g/mol. The smallest absolute Gasteiger partial charge is 0.186 e. The maximum atomic E-state index is 11.0. The maximum absolute atomic E-state index is 11.0. The number of hydrogen-bond donors (Lipinski definition) is 0. The number of nitrogens with zero attached hydrogens (tertiary/aromatic N) is 1. The van der Waals surface area contributed by atoms with Crippen molar-refractivity contribution >= 4 is 33.9 Å². The molecule has 1 atom stereocenters. The van der Waals surface area contributed by atoms with Gasteiger partial charge in [0, 0.05) is 19.1 Å². The van der Waals surface area contributed by atoms with Crippen molar-refractivity contribution in [1.82, 2.24) is 0 Å². The molecule has 5 heteroatoms. The summed E-state index contributed by atoms with van der Waals surface area (Å²) in [5.41, 5.74) is 1.90. The predicted molar refractivity (Wildman–Crippen MR) is 72.8 cm³/mol. The van der Waals surface area contributed by atoms with E-state index in [1.54, 1.807) is 18.3 Å². The van der Waals surface area contributed by atoms with Gasteiger partial charge in [0.15, 0.2) is 5.12 Å². The van der Waals surface area contributed by atoms with Crippen LogP contribution in [0.4, 0.5) is 0 Å². The first-order chi connectivity index (χ1) is 8.00. The molecule has 1 aliphatic rings. The van der Waals surface area contributed by atoms with E-state index in [1.165, 1.54) is 22.2 Å². The van der Waals surface area contributed by atoms with Gasteiger partial charge in [-0.25, -0.2) is 0 Å². The Balaban J connectivity index is 2.03. The van der Waals surface area contributed by atoms with Crippen LogP contribution in [0, 0.1) is 6.92 Å². The van der Waals surface area contributed by atoms with Crippen molar-refractivity contribution in [2.45, 2.75) is 32.8 Å². The molecule has 0 fully saturated rings. The molecule has 17 heavy (non-hydrogen) atoms. The lowest BCUT2D eigenvalue weighted by atomic mass is 10.0. The molecule has 2 rings (SSSR count). The van der Waals surface area contributed by atoms with Crippen LogP contribution >= 0.6 is 23.1 Å². The summed E-state index contributed by atoms with van der Waals surface area (Å²) >= 11 is 2.98. The molecule has 0 aromatic carbocycles. The first-order valence-electron chi connectivity index (χ1n) is 5.43. The third kappa shape index (κ3) is 2.90. The fourth-order valence-electron chi connectivity index (χ4n) is 1.71. The highest BCUT2D eigenvalue weighted by atomic mass is 32.2. The van der Waals surface area contributed by atoms with Crippen LogP contribution in [0.1, 0.15) is 30.7 Å². The molecule has 0 radical (unpaired) electrons. The summed E-state index contributed by atoms with van der Waals surface area (Å²) in [6.07, 6.45) is 0.772. The van der Waals surface area contributed by atoms with Crippen molar-refractivity contribution in [2.75, 3.05) is 5.75 Å². The van der Waals surface area contributed by atoms with Crippen molar-refractivity contribution in [3.05, 3.63) is 21.9 Å². The monoisotopic (exact) mass is 269 g/mol. The van der Waals surface area contributed by atoms with E-state index in [0.29, 0.717) is 5.75 Å². The highest BCUT2D eigenvalue weighted by Crippen LogP contribution is 2.32. The van der Waals surface area contributed by atoms with Crippen LogP contribution in [0.25, 0.3) is 0 Å². The van der Waals surface area contributed by atoms with Crippen molar-refractivity contribution in [3.63, 3.8) is 0 Å². The second-order valence-electron chi connectivity index (χ2n) is 4.47. The second kappa shape index (κ2) is 4.82. The average molecular weight is 269 g/mol. The van der Waals surface area contributed by atoms with Gasteiger partial charge in [0.05, 0.1) is 4.88 Å². The molecule has 2 heterocycles. The molecule has 0 aliphatic carbocycles. The first kappa shape index (κ1) is 12.6. The Kier molecular flexibility index (Phi) is 3.58. The minimum atomic E-state index is -0.345. The fraction of sp³-hybridized carbons (Fsp3) is 0.500. The van der Waals surface area contributed by atoms with Crippen LogP contribution in [0.3, 0.4) is 0 Å². The number of hydrogen-bond acceptors (Lipinski definition) is 5. The molecule has 1 aliphatic heterocycles. The van der Waals surface area contributed by atoms with Gasteiger partial charge in [0.25, 0.3) is 0 Å². The standard InChI is InChI=1S/C12H15NO2S2/c1-8-4-5-16-11(8)10-6-12(3,15-13-10)7-17-9(2)14/h4-5H,6-7H2,1-3H3. The Labute approximate surface area is 109 Å². The minimum Gasteiger partial charge on any atom is -0.388 e. The Morgan fingerprint density at radius 2 is 2.47 bits per heavy atom. The summed E-state index contributed by atoms with van der Waals surface area (Å²) in [5.74, 6) is 0.653. The van der Waals surface area contributed by atoms with E-state index in [-0.39, 0.29) is 10.7 Å². The molecule has 1 aromatic heterocycles. The highest BCUT2D eigenvalue weighted by Gasteiger charge is 2.35. The van der Waals surface area contributed by atoms with Crippen LogP contribution in [0.5, 0.6) is 0 Å². The van der Waals surface area contributed by atoms with E-state index >= 15 is 0 Å². The average Bonchev–Trinajstić information content (AvgIpc) is 2.83. The molecule has 0 saturated carbocycles. The second-order valence-corrected chi connectivity index (χ2v) is 6.54. The summed E-state index contributed by atoms with van der Waals surface area (Å²) in [6, 6.07) is 2.09. The fourth-order valence-corrected chi connectivity index (χ4v) is 3.28. The van der Waals surface area contributed by atoms with E-state index in [4.69, 9.17) is 4.84 Å². The number of thiophene rings is 1. The third-order valence-electron chi connectivity index (χ3n) is 2.62. The van der Waals surface area contributed by atoms with Gasteiger partial charge in [0.2, 0.25) is 0 Å². The quantitative estimate of drug-likeness (QED) is 0.845. The van der Waals surface area contributed by atoms with Crippen molar-refractivity contribution in [2.24, 2.45) is 5.16 Å². The van der Waals surface area contributed by atoms with E-state index < -0.39 is 0 Å². The van der Waals surface area contributed by atoms with Crippen LogP contribution in [0.15, 0.2) is 16.6 Å². The van der Waals surface area contributed by atoms with Gasteiger partial charge < -0.3 is 4.84 Å². The topological polar surface area (TPSA) is 38.7 Å². The van der Waals surface area contributed by atoms with Crippen molar-refractivity contribution in [3.8, 4) is 0 Å². The van der Waals surface area contributed by atoms with Crippen molar-refractivity contribution in [1.29, 1.82) is 0 Å². The summed E-state index contributed by atoms with van der Waals surface area (Å²) < 4.78 is 0. The number of carbonyl (C=O) groups excluding carboxylic acids is 1. The maximum Gasteiger partial charge on any atom is 0.186 e. The van der Waals surface area contributed by atoms with Gasteiger partial charge >= 0.3 is 0 Å². The molecule has 0 spiro atoms. The third-order valence-corrected chi connectivity index (χ3v) is 4.85. The lowest BCUT2D eigenvalue weighted by Crippen LogP contribution is -2.28. The molecule has 92 valence electrons. The SMILES string of the molecule is CC(=O)SCC1(C)CC(c2sccc2C)=NO1. The number of carbonyl (C=O) groups is 1. The van der Waals surface area contributed by atoms with Crippen LogP contribution in [-0.4, -0.2) is 22.2 Å². The first-order valence-corrected chi connectivity index (χ1v) is 7.29. The number of oxime groups is 1. The Morgan fingerprint density at radius 3 is 3.06 bits per heavy atom. The van der Waals surface area contributed by atoms with Gasteiger partial charge in [-0.1, -0.05) is 16.9 Å². The van der Waals surface area contributed by atoms with E-state index in [2.05, 4.69) is 23.5 Å². The number of rotatable bonds is 3. The van der Waals surface area contributed by atoms with Gasteiger partial charge in [-0.05, 0) is 30.9 Å². The molecule has 1 unspecified atom stereocenters. The number of aryl methyl sites for hydroxylation is 1. The van der Waals surface area contributed by atoms with Gasteiger partial charge in [0.1, 0.15) is 11.3 Å². The summed E-state index contributed by atoms with van der Waals surface area (Å²) in [7, 11) is 0. The lowest BCUT2D eigenvalue weighted by Gasteiger charge is -2.19. The van der Waals surface area contributed by atoms with Gasteiger partial charge in [-0.3, -0.25) is 4.79 Å². The summed E-state index contributed by atoms with van der Waals surface area (Å²) in [4.78, 5) is 17.7. The van der Waals surface area contributed by atoms with Crippen LogP contribution in [-0.2, 0) is 9.63 Å². The Bertz CT molecular complexity index is 467. The molecule has 0 saturated heterocycles. The van der Waals surface area contributed by atoms with E-state index in [1.807, 2.05) is 6.92 Å². The summed E-state index contributed by atoms with van der Waals surface area (Å²) in [5, 5.41) is 6.36. The van der Waals surface area contributed by atoms with Crippen LogP contribution in [0.2, 0.25) is 0 Å². The zero-order chi connectivity index (χ0) is 12.5. The normalized spacial score (nSPS) is 23.4. The zero-order valence-electron chi connectivity index (χ0n) is 10.1. The molecule has 0 amide bonds. The highest BCUT2D eigenvalue weighted by molar-refractivity contribution is 8.13. The minimum absolute atomic E-state index is 0.121. The van der Waals surface area contributed by atoms with Crippen molar-refractivity contribution < 1.29 is 9.63 Å². The molecule has 3 nitrogen and oxygen atoms in total. The Hall–Kier alpha value is -0.810. The van der Waals surface area contributed by atoms with Crippen LogP contribution < -0.4 is 0 Å². The largest absolute Gasteiger partial charge is 0.388 e. The van der Waals surface area contributed by atoms with E-state index in [0.717, 1.165) is 12.1 Å². The molecule has 1 aromatic rings. The predicted octanol–water partition coefficient (Wildman–Crippen LogP) is 3.22. The van der Waals surface area contributed by atoms with Gasteiger partial charge in [-0.15, -0.1) is 11.3 Å². The van der Waals surface area contributed by atoms with Gasteiger partial charge in [-0.2, -0.15) is 0 Å². The Morgan fingerprint density at radius 1 is 1.71 bits per heavy atom. The molecule has 0 N–H and O–H groups in total. The lowest BCUT2D eigenvalue weighted by molar-refractivity contribution is -0.109. The summed E-state index contributed by atoms with van der Waals surface area (Å²) in [6.45, 7) is 5.66. The molecular formula is C12H15NO2S2. The number of thioether (sulfide) groups is 1. The zero-order valence-corrected chi connectivity index (χ0v) is 11.8. The van der Waals surface area contributed by atoms with E-state index in [9.17, 15) is 4.79 Å².